The molecule has 0 radical (unpaired) electrons. The lowest BCUT2D eigenvalue weighted by atomic mass is 10.1. The van der Waals surface area contributed by atoms with Crippen LogP contribution in [-0.4, -0.2) is 37.2 Å². The molecule has 0 spiro atoms. The zero-order valence-electron chi connectivity index (χ0n) is 17.9. The van der Waals surface area contributed by atoms with Gasteiger partial charge in [0.15, 0.2) is 0 Å². The summed E-state index contributed by atoms with van der Waals surface area (Å²) in [6.07, 6.45) is 1.22. The van der Waals surface area contributed by atoms with Crippen molar-refractivity contribution in [2.75, 3.05) is 13.1 Å². The Morgan fingerprint density at radius 3 is 2.63 bits per heavy atom. The minimum Gasteiger partial charge on any atom is -0.355 e. The van der Waals surface area contributed by atoms with Crippen LogP contribution in [0.5, 0.6) is 0 Å². The van der Waals surface area contributed by atoms with Gasteiger partial charge >= 0.3 is 0 Å². The number of aromatic nitrogens is 2. The monoisotopic (exact) mass is 431 g/mol. The molecule has 2 aromatic rings. The van der Waals surface area contributed by atoms with Gasteiger partial charge in [0.25, 0.3) is 0 Å². The van der Waals surface area contributed by atoms with E-state index >= 15 is 0 Å². The normalized spacial score (nSPS) is 11.3. The van der Waals surface area contributed by atoms with E-state index in [9.17, 15) is 13.2 Å². The summed E-state index contributed by atoms with van der Waals surface area (Å²) in [6, 6.07) is 7.38. The molecule has 0 unspecified atom stereocenters. The van der Waals surface area contributed by atoms with Gasteiger partial charge in [-0.05, 0) is 56.9 Å². The Hall–Kier alpha value is -2.70. The Kier molecular flexibility index (Phi) is 8.15. The molecule has 1 aromatic heterocycles. The number of carbonyl (C=O) groups is 1. The molecular weight excluding hydrogens is 402 g/mol. The summed E-state index contributed by atoms with van der Waals surface area (Å²) < 4.78 is 29.3. The average Bonchev–Trinajstić information content (AvgIpc) is 2.96. The summed E-state index contributed by atoms with van der Waals surface area (Å²) in [5.74, 6) is -0.149. The lowest BCUT2D eigenvalue weighted by Crippen LogP contribution is -2.35. The van der Waals surface area contributed by atoms with Crippen LogP contribution < -0.4 is 10.0 Å². The second-order valence-corrected chi connectivity index (χ2v) is 9.03. The molecule has 2 N–H and O–H groups in total. The second kappa shape index (κ2) is 10.4. The third-order valence-electron chi connectivity index (χ3n) is 4.94. The van der Waals surface area contributed by atoms with Crippen LogP contribution in [-0.2, 0) is 27.8 Å². The van der Waals surface area contributed by atoms with E-state index in [0.717, 1.165) is 22.5 Å². The largest absolute Gasteiger partial charge is 0.355 e. The molecule has 2 rings (SSSR count). The smallest absolute Gasteiger partial charge is 0.240 e. The molecule has 0 aliphatic rings. The van der Waals surface area contributed by atoms with Crippen LogP contribution in [0.1, 0.15) is 40.9 Å². The highest BCUT2D eigenvalue weighted by atomic mass is 32.2. The van der Waals surface area contributed by atoms with Crippen molar-refractivity contribution in [3.63, 3.8) is 0 Å². The van der Waals surface area contributed by atoms with E-state index in [2.05, 4.69) is 21.2 Å². The minimum absolute atomic E-state index is 0.117. The molecule has 9 heteroatoms. The number of carbonyl (C=O) groups excluding carboxylic acids is 1. The standard InChI is InChI=1S/C21H29N5O3S/c1-15-6-7-16(2)20(14-15)30(28,29)24-12-11-23-21(27)9-8-19-17(3)25-26(18(19)4)13-5-10-22/h6-7,14,24H,5,8-9,11-13H2,1-4H3,(H,23,27). The number of hydrogen-bond acceptors (Lipinski definition) is 5. The third kappa shape index (κ3) is 6.15. The van der Waals surface area contributed by atoms with Gasteiger partial charge < -0.3 is 5.32 Å². The highest BCUT2D eigenvalue weighted by Crippen LogP contribution is 2.17. The quantitative estimate of drug-likeness (QED) is 0.559. The van der Waals surface area contributed by atoms with Gasteiger partial charge in [-0.25, -0.2) is 13.1 Å². The molecule has 0 aliphatic heterocycles. The van der Waals surface area contributed by atoms with Crippen molar-refractivity contribution in [1.29, 1.82) is 5.26 Å². The first kappa shape index (κ1) is 23.6. The van der Waals surface area contributed by atoms with Crippen LogP contribution in [0, 0.1) is 39.0 Å². The van der Waals surface area contributed by atoms with Gasteiger partial charge in [-0.3, -0.25) is 9.48 Å². The maximum atomic E-state index is 12.5. The number of hydrogen-bond donors (Lipinski definition) is 2. The number of benzene rings is 1. The van der Waals surface area contributed by atoms with Gasteiger partial charge in [0, 0.05) is 25.2 Å². The van der Waals surface area contributed by atoms with Gasteiger partial charge in [0.1, 0.15) is 0 Å². The molecule has 1 amide bonds. The van der Waals surface area contributed by atoms with E-state index in [1.807, 2.05) is 26.8 Å². The third-order valence-corrected chi connectivity index (χ3v) is 6.54. The van der Waals surface area contributed by atoms with E-state index in [4.69, 9.17) is 5.26 Å². The molecule has 162 valence electrons. The summed E-state index contributed by atoms with van der Waals surface area (Å²) in [7, 11) is -3.62. The number of aryl methyl sites for hydroxylation is 4. The summed E-state index contributed by atoms with van der Waals surface area (Å²) in [5.41, 5.74) is 4.39. The molecule has 0 saturated carbocycles. The molecule has 30 heavy (non-hydrogen) atoms. The van der Waals surface area contributed by atoms with Gasteiger partial charge in [-0.2, -0.15) is 10.4 Å². The van der Waals surface area contributed by atoms with Crippen molar-refractivity contribution < 1.29 is 13.2 Å². The number of amides is 1. The number of sulfonamides is 1. The molecule has 1 aromatic carbocycles. The SMILES string of the molecule is Cc1ccc(C)c(S(=O)(=O)NCCNC(=O)CCc2c(C)nn(CCC#N)c2C)c1. The Balaban J connectivity index is 1.81. The summed E-state index contributed by atoms with van der Waals surface area (Å²) >= 11 is 0. The van der Waals surface area contributed by atoms with Crippen LogP contribution in [0.4, 0.5) is 0 Å². The van der Waals surface area contributed by atoms with Gasteiger partial charge in [-0.15, -0.1) is 0 Å². The van der Waals surface area contributed by atoms with E-state index in [1.54, 1.807) is 23.7 Å². The minimum atomic E-state index is -3.62. The van der Waals surface area contributed by atoms with Crippen molar-refractivity contribution in [2.45, 2.75) is 58.4 Å². The molecule has 1 heterocycles. The summed E-state index contributed by atoms with van der Waals surface area (Å²) in [6.45, 7) is 8.29. The molecule has 0 bridgehead atoms. The first-order valence-corrected chi connectivity index (χ1v) is 11.4. The van der Waals surface area contributed by atoms with Crippen LogP contribution in [0.25, 0.3) is 0 Å². The van der Waals surface area contributed by atoms with Crippen LogP contribution in [0.3, 0.4) is 0 Å². The topological polar surface area (TPSA) is 117 Å². The fourth-order valence-electron chi connectivity index (χ4n) is 3.26. The predicted molar refractivity (Wildman–Crippen MR) is 114 cm³/mol. The van der Waals surface area contributed by atoms with E-state index in [1.165, 1.54) is 0 Å². The summed E-state index contributed by atoms with van der Waals surface area (Å²) in [5, 5.41) is 15.9. The fraction of sp³-hybridized carbons (Fsp3) is 0.476. The molecule has 0 saturated heterocycles. The number of rotatable bonds is 10. The van der Waals surface area contributed by atoms with E-state index in [0.29, 0.717) is 24.9 Å². The van der Waals surface area contributed by atoms with Crippen LogP contribution in [0.15, 0.2) is 23.1 Å². The van der Waals surface area contributed by atoms with Crippen molar-refractivity contribution in [3.05, 3.63) is 46.3 Å². The Morgan fingerprint density at radius 2 is 1.93 bits per heavy atom. The zero-order chi connectivity index (χ0) is 22.3. The average molecular weight is 432 g/mol. The predicted octanol–water partition coefficient (Wildman–Crippen LogP) is 2.06. The highest BCUT2D eigenvalue weighted by molar-refractivity contribution is 7.89. The van der Waals surface area contributed by atoms with E-state index in [-0.39, 0.29) is 30.3 Å². The maximum absolute atomic E-state index is 12.5. The van der Waals surface area contributed by atoms with Gasteiger partial charge in [0.05, 0.1) is 29.6 Å². The molecule has 0 aliphatic carbocycles. The Bertz CT molecular complexity index is 1050. The molecular formula is C21H29N5O3S. The lowest BCUT2D eigenvalue weighted by Gasteiger charge is -2.11. The van der Waals surface area contributed by atoms with Crippen LogP contribution in [0.2, 0.25) is 0 Å². The molecule has 0 fully saturated rings. The van der Waals surface area contributed by atoms with Crippen LogP contribution >= 0.6 is 0 Å². The Morgan fingerprint density at radius 1 is 1.20 bits per heavy atom. The van der Waals surface area contributed by atoms with Gasteiger partial charge in [0.2, 0.25) is 15.9 Å². The first-order valence-electron chi connectivity index (χ1n) is 9.89. The van der Waals surface area contributed by atoms with Crippen molar-refractivity contribution in [2.24, 2.45) is 0 Å². The second-order valence-electron chi connectivity index (χ2n) is 7.30. The van der Waals surface area contributed by atoms with Crippen molar-refractivity contribution in [3.8, 4) is 6.07 Å². The summed E-state index contributed by atoms with van der Waals surface area (Å²) in [4.78, 5) is 12.4. The van der Waals surface area contributed by atoms with E-state index < -0.39 is 10.0 Å². The number of nitrogens with zero attached hydrogens (tertiary/aromatic N) is 3. The van der Waals surface area contributed by atoms with Crippen molar-refractivity contribution >= 4 is 15.9 Å². The Labute approximate surface area is 178 Å². The highest BCUT2D eigenvalue weighted by Gasteiger charge is 2.17. The van der Waals surface area contributed by atoms with Crippen molar-refractivity contribution in [1.82, 2.24) is 19.8 Å². The maximum Gasteiger partial charge on any atom is 0.240 e. The molecule has 8 nitrogen and oxygen atoms in total. The number of nitrogens with one attached hydrogen (secondary N) is 2. The molecule has 0 atom stereocenters. The first-order chi connectivity index (χ1) is 14.2. The van der Waals surface area contributed by atoms with Gasteiger partial charge in [-0.1, -0.05) is 12.1 Å². The number of nitriles is 1. The lowest BCUT2D eigenvalue weighted by molar-refractivity contribution is -0.121. The zero-order valence-corrected chi connectivity index (χ0v) is 18.8. The fourth-order valence-corrected chi connectivity index (χ4v) is 4.62.